The van der Waals surface area contributed by atoms with E-state index in [1.165, 1.54) is 23.0 Å². The molecule has 0 bridgehead atoms. The van der Waals surface area contributed by atoms with Crippen molar-refractivity contribution >= 4 is 29.4 Å². The van der Waals surface area contributed by atoms with E-state index in [0.29, 0.717) is 11.3 Å². The maximum absolute atomic E-state index is 13.4. The van der Waals surface area contributed by atoms with Crippen LogP contribution in [0.25, 0.3) is 5.70 Å². The average Bonchev–Trinajstić information content (AvgIpc) is 3.05. The van der Waals surface area contributed by atoms with Crippen molar-refractivity contribution in [2.75, 3.05) is 0 Å². The first-order valence-corrected chi connectivity index (χ1v) is 9.16. The minimum Gasteiger partial charge on any atom is -0.368 e. The highest BCUT2D eigenvalue weighted by atomic mass is 35.5. The summed E-state index contributed by atoms with van der Waals surface area (Å²) in [6.07, 6.45) is 4.47. The van der Waals surface area contributed by atoms with Crippen LogP contribution in [0.1, 0.15) is 26.3 Å². The molecule has 0 saturated heterocycles. The summed E-state index contributed by atoms with van der Waals surface area (Å²) in [5.74, 6) is -0.982. The molecule has 0 spiro atoms. The highest BCUT2D eigenvalue weighted by Crippen LogP contribution is 2.15. The fourth-order valence-corrected chi connectivity index (χ4v) is 2.39. The number of nitrogens with one attached hydrogen (secondary N) is 2. The number of nitrogens with zero attached hydrogens (tertiary/aromatic N) is 4. The summed E-state index contributed by atoms with van der Waals surface area (Å²) in [6, 6.07) is 4.26. The van der Waals surface area contributed by atoms with Gasteiger partial charge >= 0.3 is 5.69 Å². The van der Waals surface area contributed by atoms with Gasteiger partial charge in [-0.25, -0.2) is 18.4 Å². The predicted molar refractivity (Wildman–Crippen MR) is 106 cm³/mol. The van der Waals surface area contributed by atoms with E-state index in [1.807, 2.05) is 20.8 Å². The van der Waals surface area contributed by atoms with Gasteiger partial charge in [0.2, 0.25) is 5.91 Å². The van der Waals surface area contributed by atoms with Gasteiger partial charge in [0.25, 0.3) is 0 Å². The minimum atomic E-state index is -0.557. The summed E-state index contributed by atoms with van der Waals surface area (Å²) in [7, 11) is 0. The van der Waals surface area contributed by atoms with Crippen LogP contribution in [0.15, 0.2) is 40.5 Å². The molecule has 150 valence electrons. The molecule has 0 fully saturated rings. The minimum absolute atomic E-state index is 0.0154. The molecule has 1 aliphatic heterocycles. The van der Waals surface area contributed by atoms with Gasteiger partial charge < -0.3 is 10.6 Å². The van der Waals surface area contributed by atoms with Crippen LogP contribution < -0.4 is 16.3 Å². The van der Waals surface area contributed by atoms with E-state index in [2.05, 4.69) is 20.7 Å². The lowest BCUT2D eigenvalue weighted by atomic mass is 10.2. The summed E-state index contributed by atoms with van der Waals surface area (Å²) in [5.41, 5.74) is 0.616. The first-order chi connectivity index (χ1) is 13.4. The van der Waals surface area contributed by atoms with Gasteiger partial charge in [0.1, 0.15) is 24.9 Å². The number of halogens is 2. The van der Waals surface area contributed by atoms with E-state index in [4.69, 9.17) is 11.6 Å². The van der Waals surface area contributed by atoms with Crippen molar-refractivity contribution in [2.24, 2.45) is 4.99 Å². The lowest BCUT2D eigenvalue weighted by Gasteiger charge is -2.13. The smallest absolute Gasteiger partial charge is 0.350 e. The third-order valence-corrected chi connectivity index (χ3v) is 3.99. The van der Waals surface area contributed by atoms with E-state index in [-0.39, 0.29) is 24.3 Å². The largest absolute Gasteiger partial charge is 0.368 e. The molecular formula is C18H22ClFN6O2. The number of aromatic nitrogens is 3. The number of hydrogen-bond donors (Lipinski definition) is 2. The summed E-state index contributed by atoms with van der Waals surface area (Å²) < 4.78 is 15.7. The van der Waals surface area contributed by atoms with Crippen LogP contribution in [-0.2, 0) is 17.9 Å². The van der Waals surface area contributed by atoms with Crippen LogP contribution in [0.4, 0.5) is 4.39 Å². The maximum Gasteiger partial charge on any atom is 0.350 e. The van der Waals surface area contributed by atoms with E-state index in [9.17, 15) is 14.0 Å². The molecule has 1 aliphatic rings. The monoisotopic (exact) mass is 408 g/mol. The standard InChI is InChI=1S/C16H16ClFN6O2.C2H6/c1-10-19-6-12(7-20-10)23-9-22-24(16(23)26)8-15(25)21-5-11-2-3-13(17)14(18)4-11;1-2/h2-4,6-7,9-10,19H,5,8H2,1H3,(H,21,25);1-2H3. The lowest BCUT2D eigenvalue weighted by Crippen LogP contribution is -2.34. The Labute approximate surface area is 166 Å². The van der Waals surface area contributed by atoms with Gasteiger partial charge in [0, 0.05) is 19.0 Å². The number of benzene rings is 1. The Morgan fingerprint density at radius 3 is 2.79 bits per heavy atom. The summed E-state index contributed by atoms with van der Waals surface area (Å²) in [5, 5.41) is 9.53. The molecule has 2 N–H and O–H groups in total. The number of amides is 1. The molecule has 2 heterocycles. The zero-order valence-electron chi connectivity index (χ0n) is 15.8. The summed E-state index contributed by atoms with van der Waals surface area (Å²) in [4.78, 5) is 28.5. The predicted octanol–water partition coefficient (Wildman–Crippen LogP) is 2.00. The molecule has 1 atom stereocenters. The van der Waals surface area contributed by atoms with Gasteiger partial charge in [-0.2, -0.15) is 5.10 Å². The van der Waals surface area contributed by atoms with Crippen molar-refractivity contribution < 1.29 is 9.18 Å². The molecule has 1 unspecified atom stereocenters. The van der Waals surface area contributed by atoms with E-state index < -0.39 is 17.4 Å². The fourth-order valence-electron chi connectivity index (χ4n) is 2.27. The zero-order chi connectivity index (χ0) is 20.7. The van der Waals surface area contributed by atoms with Crippen LogP contribution in [0.2, 0.25) is 5.02 Å². The van der Waals surface area contributed by atoms with Gasteiger partial charge in [0.05, 0.1) is 10.7 Å². The van der Waals surface area contributed by atoms with Gasteiger partial charge in [0.15, 0.2) is 0 Å². The summed E-state index contributed by atoms with van der Waals surface area (Å²) in [6.45, 7) is 5.73. The summed E-state index contributed by atoms with van der Waals surface area (Å²) >= 11 is 5.61. The molecule has 3 rings (SSSR count). The molecule has 10 heteroatoms. The number of rotatable bonds is 5. The quantitative estimate of drug-likeness (QED) is 0.791. The van der Waals surface area contributed by atoms with E-state index in [1.54, 1.807) is 18.5 Å². The van der Waals surface area contributed by atoms with E-state index in [0.717, 1.165) is 4.68 Å². The Bertz CT molecular complexity index is 950. The highest BCUT2D eigenvalue weighted by molar-refractivity contribution is 6.30. The first-order valence-electron chi connectivity index (χ1n) is 8.79. The van der Waals surface area contributed by atoms with Crippen molar-refractivity contribution in [1.29, 1.82) is 0 Å². The number of carbonyl (C=O) groups is 1. The highest BCUT2D eigenvalue weighted by Gasteiger charge is 2.13. The molecule has 1 amide bonds. The maximum atomic E-state index is 13.4. The molecule has 1 aromatic carbocycles. The molecule has 0 radical (unpaired) electrons. The number of hydrogen-bond acceptors (Lipinski definition) is 5. The van der Waals surface area contributed by atoms with Gasteiger partial charge in [-0.3, -0.25) is 9.79 Å². The van der Waals surface area contributed by atoms with Crippen molar-refractivity contribution in [3.63, 3.8) is 0 Å². The molecule has 2 aromatic rings. The van der Waals surface area contributed by atoms with Crippen LogP contribution >= 0.6 is 11.6 Å². The van der Waals surface area contributed by atoms with Gasteiger partial charge in [-0.1, -0.05) is 31.5 Å². The van der Waals surface area contributed by atoms with Crippen LogP contribution in [0, 0.1) is 5.82 Å². The number of allylic oxidation sites excluding steroid dienone is 1. The molecule has 8 nitrogen and oxygen atoms in total. The zero-order valence-corrected chi connectivity index (χ0v) is 16.6. The molecule has 1 aromatic heterocycles. The molecule has 0 saturated carbocycles. The topological polar surface area (TPSA) is 93.3 Å². The van der Waals surface area contributed by atoms with Gasteiger partial charge in [-0.15, -0.1) is 0 Å². The third-order valence-electron chi connectivity index (χ3n) is 3.68. The Kier molecular flexibility index (Phi) is 7.51. The van der Waals surface area contributed by atoms with E-state index >= 15 is 0 Å². The normalized spacial score (nSPS) is 15.2. The van der Waals surface area contributed by atoms with Gasteiger partial charge in [-0.05, 0) is 24.6 Å². The van der Waals surface area contributed by atoms with Crippen LogP contribution in [0.3, 0.4) is 0 Å². The molecule has 0 aliphatic carbocycles. The average molecular weight is 409 g/mol. The van der Waals surface area contributed by atoms with Crippen LogP contribution in [-0.4, -0.2) is 32.6 Å². The Morgan fingerprint density at radius 2 is 2.14 bits per heavy atom. The van der Waals surface area contributed by atoms with Crippen molar-refractivity contribution in [3.05, 3.63) is 57.6 Å². The first kappa shape index (κ1) is 21.4. The second-order valence-electron chi connectivity index (χ2n) is 5.66. The Hall–Kier alpha value is -2.94. The van der Waals surface area contributed by atoms with Crippen molar-refractivity contribution in [3.8, 4) is 0 Å². The Balaban J connectivity index is 0.00000136. The fraction of sp³-hybridized carbons (Fsp3) is 0.333. The lowest BCUT2D eigenvalue weighted by molar-refractivity contribution is -0.122. The molecule has 28 heavy (non-hydrogen) atoms. The number of aliphatic imine (C=N–C) groups is 1. The second kappa shape index (κ2) is 9.84. The van der Waals surface area contributed by atoms with Crippen molar-refractivity contribution in [1.82, 2.24) is 25.0 Å². The van der Waals surface area contributed by atoms with Crippen LogP contribution in [0.5, 0.6) is 0 Å². The van der Waals surface area contributed by atoms with Crippen molar-refractivity contribution in [2.45, 2.75) is 40.0 Å². The molecular weight excluding hydrogens is 387 g/mol. The number of carbonyl (C=O) groups excluding carboxylic acids is 1. The third kappa shape index (κ3) is 5.29. The Morgan fingerprint density at radius 1 is 1.39 bits per heavy atom. The SMILES string of the molecule is CC.CC1N=CC(n2cnn(CC(=O)NCc3ccc(Cl)c(F)c3)c2=O)=CN1. The second-order valence-corrected chi connectivity index (χ2v) is 6.06.